The summed E-state index contributed by atoms with van der Waals surface area (Å²) in [6, 6.07) is 7.75. The van der Waals surface area contributed by atoms with Crippen LogP contribution in [0, 0.1) is 0 Å². The molecule has 4 nitrogen and oxygen atoms in total. The number of thioether (sulfide) groups is 1. The van der Waals surface area contributed by atoms with E-state index in [1.165, 1.54) is 11.8 Å². The van der Waals surface area contributed by atoms with Gasteiger partial charge in [-0.05, 0) is 19.4 Å². The van der Waals surface area contributed by atoms with Crippen LogP contribution in [0.1, 0.15) is 31.1 Å². The number of hydrogen-bond donors (Lipinski definition) is 1. The smallest absolute Gasteiger partial charge is 0.315 e. The highest BCUT2D eigenvalue weighted by Gasteiger charge is 2.23. The SMILES string of the molecule is CCOC(=O)CSC(c1ccccc1OC)C(N)CC. The van der Waals surface area contributed by atoms with E-state index in [2.05, 4.69) is 0 Å². The van der Waals surface area contributed by atoms with Gasteiger partial charge in [0.25, 0.3) is 0 Å². The normalized spacial score (nSPS) is 13.6. The quantitative estimate of drug-likeness (QED) is 0.748. The van der Waals surface area contributed by atoms with Crippen molar-refractivity contribution in [1.82, 2.24) is 0 Å². The standard InChI is InChI=1S/C15H23NO3S/c1-4-12(16)15(20-10-14(17)19-5-2)11-8-6-7-9-13(11)18-3/h6-9,12,15H,4-5,10,16H2,1-3H3. The third-order valence-corrected chi connectivity index (χ3v) is 4.36. The average Bonchev–Trinajstić information content (AvgIpc) is 2.47. The lowest BCUT2D eigenvalue weighted by Crippen LogP contribution is -2.27. The molecule has 2 atom stereocenters. The van der Waals surface area contributed by atoms with Crippen molar-refractivity contribution in [3.05, 3.63) is 29.8 Å². The summed E-state index contributed by atoms with van der Waals surface area (Å²) in [5, 5.41) is 0.0144. The third-order valence-electron chi connectivity index (χ3n) is 2.99. The molecule has 1 rings (SSSR count). The Kier molecular flexibility index (Phi) is 7.47. The molecule has 1 aromatic carbocycles. The van der Waals surface area contributed by atoms with E-state index in [9.17, 15) is 4.79 Å². The van der Waals surface area contributed by atoms with Crippen LogP contribution in [0.3, 0.4) is 0 Å². The van der Waals surface area contributed by atoms with Crippen molar-refractivity contribution >= 4 is 17.7 Å². The zero-order valence-corrected chi connectivity index (χ0v) is 13.1. The van der Waals surface area contributed by atoms with E-state index in [1.807, 2.05) is 31.2 Å². The predicted molar refractivity (Wildman–Crippen MR) is 83.1 cm³/mol. The van der Waals surface area contributed by atoms with Crippen LogP contribution >= 0.6 is 11.8 Å². The van der Waals surface area contributed by atoms with Crippen molar-refractivity contribution in [3.8, 4) is 5.75 Å². The Bertz CT molecular complexity index is 425. The van der Waals surface area contributed by atoms with Crippen molar-refractivity contribution in [3.63, 3.8) is 0 Å². The van der Waals surface area contributed by atoms with E-state index < -0.39 is 0 Å². The number of para-hydroxylation sites is 1. The van der Waals surface area contributed by atoms with Crippen LogP contribution in [-0.2, 0) is 9.53 Å². The fourth-order valence-electron chi connectivity index (χ4n) is 1.92. The Morgan fingerprint density at radius 1 is 1.35 bits per heavy atom. The second-order valence-electron chi connectivity index (χ2n) is 4.35. The number of hydrogen-bond acceptors (Lipinski definition) is 5. The Morgan fingerprint density at radius 3 is 2.65 bits per heavy atom. The van der Waals surface area contributed by atoms with Crippen molar-refractivity contribution in [1.29, 1.82) is 0 Å². The highest BCUT2D eigenvalue weighted by Crippen LogP contribution is 2.37. The van der Waals surface area contributed by atoms with Crippen molar-refractivity contribution in [2.75, 3.05) is 19.5 Å². The van der Waals surface area contributed by atoms with Gasteiger partial charge in [-0.3, -0.25) is 4.79 Å². The van der Waals surface area contributed by atoms with Crippen LogP contribution in [0.2, 0.25) is 0 Å². The van der Waals surface area contributed by atoms with E-state index in [4.69, 9.17) is 15.2 Å². The molecular weight excluding hydrogens is 274 g/mol. The molecule has 2 N–H and O–H groups in total. The van der Waals surface area contributed by atoms with Gasteiger partial charge in [0.05, 0.1) is 19.5 Å². The van der Waals surface area contributed by atoms with Crippen LogP contribution in [0.15, 0.2) is 24.3 Å². The van der Waals surface area contributed by atoms with Crippen LogP contribution < -0.4 is 10.5 Å². The number of ether oxygens (including phenoxy) is 2. The monoisotopic (exact) mass is 297 g/mol. The molecule has 0 aliphatic heterocycles. The van der Waals surface area contributed by atoms with Crippen LogP contribution in [-0.4, -0.2) is 31.5 Å². The highest BCUT2D eigenvalue weighted by atomic mass is 32.2. The summed E-state index contributed by atoms with van der Waals surface area (Å²) in [6.45, 7) is 4.24. The average molecular weight is 297 g/mol. The van der Waals surface area contributed by atoms with Gasteiger partial charge in [0, 0.05) is 16.9 Å². The van der Waals surface area contributed by atoms with Gasteiger partial charge in [0.15, 0.2) is 0 Å². The largest absolute Gasteiger partial charge is 0.496 e. The maximum Gasteiger partial charge on any atom is 0.315 e. The number of carbonyl (C=O) groups excluding carboxylic acids is 1. The topological polar surface area (TPSA) is 61.5 Å². The van der Waals surface area contributed by atoms with Crippen molar-refractivity contribution in [2.45, 2.75) is 31.6 Å². The molecule has 0 amide bonds. The first-order valence-corrected chi connectivity index (χ1v) is 7.84. The van der Waals surface area contributed by atoms with E-state index in [1.54, 1.807) is 14.0 Å². The van der Waals surface area contributed by atoms with Crippen LogP contribution in [0.5, 0.6) is 5.75 Å². The van der Waals surface area contributed by atoms with Gasteiger partial charge in [-0.15, -0.1) is 11.8 Å². The van der Waals surface area contributed by atoms with Gasteiger partial charge in [0.2, 0.25) is 0 Å². The maximum atomic E-state index is 11.5. The second-order valence-corrected chi connectivity index (χ2v) is 5.48. The number of carbonyl (C=O) groups is 1. The minimum Gasteiger partial charge on any atom is -0.496 e. The summed E-state index contributed by atoms with van der Waals surface area (Å²) in [4.78, 5) is 11.5. The second kappa shape index (κ2) is 8.87. The van der Waals surface area contributed by atoms with Gasteiger partial charge in [-0.2, -0.15) is 0 Å². The molecule has 0 heterocycles. The lowest BCUT2D eigenvalue weighted by atomic mass is 10.0. The first-order valence-electron chi connectivity index (χ1n) is 6.79. The molecule has 112 valence electrons. The number of nitrogens with two attached hydrogens (primary N) is 1. The van der Waals surface area contributed by atoms with Gasteiger partial charge < -0.3 is 15.2 Å². The molecule has 5 heteroatoms. The predicted octanol–water partition coefficient (Wildman–Crippen LogP) is 2.77. The number of benzene rings is 1. The molecule has 0 aliphatic rings. The Hall–Kier alpha value is -1.20. The van der Waals surface area contributed by atoms with E-state index in [0.29, 0.717) is 12.4 Å². The molecule has 20 heavy (non-hydrogen) atoms. The van der Waals surface area contributed by atoms with Gasteiger partial charge in [0.1, 0.15) is 5.75 Å². The molecule has 0 saturated heterocycles. The summed E-state index contributed by atoms with van der Waals surface area (Å²) in [6.07, 6.45) is 0.832. The summed E-state index contributed by atoms with van der Waals surface area (Å²) in [5.41, 5.74) is 7.23. The highest BCUT2D eigenvalue weighted by molar-refractivity contribution is 8.00. The van der Waals surface area contributed by atoms with Crippen molar-refractivity contribution in [2.24, 2.45) is 5.73 Å². The van der Waals surface area contributed by atoms with Gasteiger partial charge >= 0.3 is 5.97 Å². The van der Waals surface area contributed by atoms with Crippen molar-refractivity contribution < 1.29 is 14.3 Å². The zero-order valence-electron chi connectivity index (χ0n) is 12.3. The van der Waals surface area contributed by atoms with Crippen LogP contribution in [0.25, 0.3) is 0 Å². The number of methoxy groups -OCH3 is 1. The maximum absolute atomic E-state index is 11.5. The number of esters is 1. The lowest BCUT2D eigenvalue weighted by molar-refractivity contribution is -0.139. The first kappa shape index (κ1) is 16.9. The molecule has 0 fully saturated rings. The third kappa shape index (κ3) is 4.72. The van der Waals surface area contributed by atoms with E-state index >= 15 is 0 Å². The fraction of sp³-hybridized carbons (Fsp3) is 0.533. The Morgan fingerprint density at radius 2 is 2.05 bits per heavy atom. The lowest BCUT2D eigenvalue weighted by Gasteiger charge is -2.24. The van der Waals surface area contributed by atoms with E-state index in [-0.39, 0.29) is 17.3 Å². The molecule has 0 aromatic heterocycles. The molecule has 0 bridgehead atoms. The summed E-state index contributed by atoms with van der Waals surface area (Å²) in [5.74, 6) is 0.892. The molecule has 0 radical (unpaired) electrons. The van der Waals surface area contributed by atoms with E-state index in [0.717, 1.165) is 17.7 Å². The molecule has 0 saturated carbocycles. The van der Waals surface area contributed by atoms with Gasteiger partial charge in [-0.25, -0.2) is 0 Å². The Labute approximate surface area is 125 Å². The minimum atomic E-state index is -0.208. The van der Waals surface area contributed by atoms with Crippen LogP contribution in [0.4, 0.5) is 0 Å². The fourth-order valence-corrected chi connectivity index (χ4v) is 3.13. The summed E-state index contributed by atoms with van der Waals surface area (Å²) < 4.78 is 10.4. The zero-order chi connectivity index (χ0) is 15.0. The summed E-state index contributed by atoms with van der Waals surface area (Å²) >= 11 is 1.51. The Balaban J connectivity index is 2.86. The molecule has 2 unspecified atom stereocenters. The molecule has 0 aliphatic carbocycles. The summed E-state index contributed by atoms with van der Waals surface area (Å²) in [7, 11) is 1.64. The van der Waals surface area contributed by atoms with Gasteiger partial charge in [-0.1, -0.05) is 25.1 Å². The minimum absolute atomic E-state index is 0.0144. The molecular formula is C15H23NO3S. The first-order chi connectivity index (χ1) is 9.63. The molecule has 0 spiro atoms. The molecule has 1 aromatic rings. The number of rotatable bonds is 8.